The Morgan fingerprint density at radius 1 is 1.29 bits per heavy atom. The van der Waals surface area contributed by atoms with Crippen LogP contribution in [0.4, 0.5) is 0 Å². The van der Waals surface area contributed by atoms with Crippen LogP contribution in [0.25, 0.3) is 10.9 Å². The van der Waals surface area contributed by atoms with Crippen molar-refractivity contribution in [1.82, 2.24) is 9.46 Å². The average molecular weight is 228 g/mol. The molecule has 2 aromatic rings. The van der Waals surface area contributed by atoms with Crippen LogP contribution in [-0.4, -0.2) is 17.4 Å². The van der Waals surface area contributed by atoms with E-state index in [9.17, 15) is 4.79 Å². The summed E-state index contributed by atoms with van der Waals surface area (Å²) in [6, 6.07) is 5.91. The highest BCUT2D eigenvalue weighted by Gasteiger charge is 2.15. The van der Waals surface area contributed by atoms with E-state index in [2.05, 4.69) is 25.8 Å². The Bertz CT molecular complexity index is 638. The van der Waals surface area contributed by atoms with Crippen LogP contribution in [0.2, 0.25) is 0 Å². The first-order chi connectivity index (χ1) is 7.80. The number of benzene rings is 1. The Balaban J connectivity index is 2.81. The van der Waals surface area contributed by atoms with Gasteiger partial charge in [-0.2, -0.15) is 0 Å². The lowest BCUT2D eigenvalue weighted by Crippen LogP contribution is -2.22. The Hall–Kier alpha value is -1.58. The molecule has 0 amide bonds. The van der Waals surface area contributed by atoms with Crippen molar-refractivity contribution in [3.63, 3.8) is 0 Å². The zero-order chi connectivity index (χ0) is 12.8. The number of rotatable bonds is 0. The first-order valence-electron chi connectivity index (χ1n) is 5.78. The fourth-order valence-corrected chi connectivity index (χ4v) is 1.85. The zero-order valence-corrected chi connectivity index (χ0v) is 11.0. The predicted octanol–water partition coefficient (Wildman–Crippen LogP) is 1.40. The Morgan fingerprint density at radius 3 is 2.53 bits per heavy atom. The molecule has 0 atom stereocenters. The average Bonchev–Trinajstić information content (AvgIpc) is 2.24. The molecular weight excluding hydrogens is 211 g/mol. The van der Waals surface area contributed by atoms with Gasteiger partial charge in [0.1, 0.15) is 0 Å². The van der Waals surface area contributed by atoms with Crippen LogP contribution in [0.5, 0.6) is 0 Å². The summed E-state index contributed by atoms with van der Waals surface area (Å²) in [5, 5.41) is 0.686. The highest BCUT2D eigenvalue weighted by molar-refractivity contribution is 6.07. The van der Waals surface area contributed by atoms with Crippen LogP contribution >= 0.6 is 0 Å². The van der Waals surface area contributed by atoms with E-state index < -0.39 is 0 Å². The van der Waals surface area contributed by atoms with Gasteiger partial charge in [0.05, 0.1) is 16.7 Å². The van der Waals surface area contributed by atoms with Gasteiger partial charge in [-0.3, -0.25) is 4.79 Å². The Morgan fingerprint density at radius 2 is 1.94 bits per heavy atom. The van der Waals surface area contributed by atoms with E-state index >= 15 is 0 Å². The fraction of sp³-hybridized carbons (Fsp3) is 0.385. The number of fused-ring (bicyclic) bond motifs is 1. The third kappa shape index (κ3) is 1.99. The highest BCUT2D eigenvalue weighted by atomic mass is 16.1. The molecule has 0 unspecified atom stereocenters. The molecule has 1 heterocycles. The standard InChI is InChI=1S/C13H17BN2O/c1-8-15-11-7-9(13(2,3)4)5-6-10(11)12(17)16(8)14/h5-7H,14H2,1-4H3. The molecule has 0 aliphatic rings. The Labute approximate surface area is 102 Å². The molecule has 1 aromatic heterocycles. The van der Waals surface area contributed by atoms with E-state index in [0.29, 0.717) is 5.39 Å². The van der Waals surface area contributed by atoms with Crippen LogP contribution in [0.15, 0.2) is 23.0 Å². The molecular formula is C13H17BN2O. The minimum Gasteiger partial charge on any atom is -0.350 e. The predicted molar refractivity (Wildman–Crippen MR) is 73.4 cm³/mol. The van der Waals surface area contributed by atoms with E-state index in [0.717, 1.165) is 11.3 Å². The molecule has 0 radical (unpaired) electrons. The lowest BCUT2D eigenvalue weighted by Gasteiger charge is -2.19. The minimum atomic E-state index is 0.0213. The third-order valence-electron chi connectivity index (χ3n) is 3.17. The quantitative estimate of drug-likeness (QED) is 0.639. The molecule has 88 valence electrons. The van der Waals surface area contributed by atoms with Crippen molar-refractivity contribution in [1.29, 1.82) is 0 Å². The normalized spacial score (nSPS) is 12.0. The molecule has 17 heavy (non-hydrogen) atoms. The molecule has 3 nitrogen and oxygen atoms in total. The van der Waals surface area contributed by atoms with Crippen molar-refractivity contribution in [3.8, 4) is 0 Å². The molecule has 2 rings (SSSR count). The first-order valence-corrected chi connectivity index (χ1v) is 5.78. The van der Waals surface area contributed by atoms with E-state index in [4.69, 9.17) is 0 Å². The monoisotopic (exact) mass is 228 g/mol. The number of hydrogen-bond donors (Lipinski definition) is 0. The fourth-order valence-electron chi connectivity index (χ4n) is 1.85. The second-order valence-corrected chi connectivity index (χ2v) is 5.51. The van der Waals surface area contributed by atoms with Gasteiger partial charge in [-0.05, 0) is 30.0 Å². The molecule has 1 aromatic carbocycles. The van der Waals surface area contributed by atoms with Gasteiger partial charge in [-0.25, -0.2) is 4.98 Å². The number of hydrogen-bond acceptors (Lipinski definition) is 2. The van der Waals surface area contributed by atoms with Gasteiger partial charge in [0, 0.05) is 0 Å². The van der Waals surface area contributed by atoms with Crippen molar-refractivity contribution >= 4 is 18.9 Å². The van der Waals surface area contributed by atoms with Crippen molar-refractivity contribution in [2.75, 3.05) is 0 Å². The lowest BCUT2D eigenvalue weighted by molar-refractivity contribution is 0.591. The molecule has 0 aliphatic carbocycles. The molecule has 4 heteroatoms. The number of aryl methyl sites for hydroxylation is 1. The van der Waals surface area contributed by atoms with Gasteiger partial charge in [0.25, 0.3) is 0 Å². The van der Waals surface area contributed by atoms with Gasteiger partial charge in [0.2, 0.25) is 13.5 Å². The van der Waals surface area contributed by atoms with E-state index in [1.54, 1.807) is 12.5 Å². The van der Waals surface area contributed by atoms with E-state index in [-0.39, 0.29) is 11.0 Å². The molecule has 0 spiro atoms. The molecule has 0 saturated carbocycles. The maximum absolute atomic E-state index is 12.0. The molecule has 0 bridgehead atoms. The van der Waals surface area contributed by atoms with Gasteiger partial charge < -0.3 is 4.48 Å². The molecule has 0 aliphatic heterocycles. The van der Waals surface area contributed by atoms with Crippen LogP contribution in [0.1, 0.15) is 32.2 Å². The van der Waals surface area contributed by atoms with Crippen LogP contribution in [0, 0.1) is 6.92 Å². The topological polar surface area (TPSA) is 34.9 Å². The first kappa shape index (κ1) is 11.9. The second-order valence-electron chi connectivity index (χ2n) is 5.51. The van der Waals surface area contributed by atoms with Gasteiger partial charge in [-0.15, -0.1) is 0 Å². The van der Waals surface area contributed by atoms with Gasteiger partial charge >= 0.3 is 0 Å². The van der Waals surface area contributed by atoms with Crippen LogP contribution in [0.3, 0.4) is 0 Å². The summed E-state index contributed by atoms with van der Waals surface area (Å²) in [7, 11) is 1.75. The molecule has 0 N–H and O–H groups in total. The summed E-state index contributed by atoms with van der Waals surface area (Å²) in [5.41, 5.74) is 2.08. The summed E-state index contributed by atoms with van der Waals surface area (Å²) >= 11 is 0. The smallest absolute Gasteiger partial charge is 0.248 e. The zero-order valence-electron chi connectivity index (χ0n) is 11.0. The minimum absolute atomic E-state index is 0.0213. The van der Waals surface area contributed by atoms with Crippen LogP contribution < -0.4 is 5.56 Å². The van der Waals surface area contributed by atoms with E-state index in [1.807, 2.05) is 25.1 Å². The molecule has 0 saturated heterocycles. The molecule has 0 fully saturated rings. The number of nitrogens with zero attached hydrogens (tertiary/aromatic N) is 2. The van der Waals surface area contributed by atoms with Gasteiger partial charge in [-0.1, -0.05) is 26.8 Å². The highest BCUT2D eigenvalue weighted by Crippen LogP contribution is 2.24. The maximum atomic E-state index is 12.0. The second kappa shape index (κ2) is 3.72. The summed E-state index contributed by atoms with van der Waals surface area (Å²) in [6.07, 6.45) is 0. The van der Waals surface area contributed by atoms with Crippen molar-refractivity contribution in [2.24, 2.45) is 0 Å². The van der Waals surface area contributed by atoms with Crippen molar-refractivity contribution in [3.05, 3.63) is 39.9 Å². The Kier molecular flexibility index (Phi) is 2.61. The van der Waals surface area contributed by atoms with Crippen LogP contribution in [-0.2, 0) is 5.41 Å². The summed E-state index contributed by atoms with van der Waals surface area (Å²) < 4.78 is 1.58. The largest absolute Gasteiger partial charge is 0.350 e. The maximum Gasteiger partial charge on any atom is 0.248 e. The van der Waals surface area contributed by atoms with E-state index in [1.165, 1.54) is 5.56 Å². The van der Waals surface area contributed by atoms with Gasteiger partial charge in [0.15, 0.2) is 0 Å². The summed E-state index contributed by atoms with van der Waals surface area (Å²) in [6.45, 7) is 8.32. The number of aromatic nitrogens is 2. The van der Waals surface area contributed by atoms with Crippen molar-refractivity contribution < 1.29 is 0 Å². The lowest BCUT2D eigenvalue weighted by atomic mass is 9.86. The third-order valence-corrected chi connectivity index (χ3v) is 3.17. The summed E-state index contributed by atoms with van der Waals surface area (Å²) in [4.78, 5) is 16.5. The van der Waals surface area contributed by atoms with Crippen molar-refractivity contribution in [2.45, 2.75) is 33.1 Å². The SMILES string of the molecule is Bn1c(C)nc2cc(C(C)(C)C)ccc2c1=O. The summed E-state index contributed by atoms with van der Waals surface area (Å²) in [5.74, 6) is 0.744.